The van der Waals surface area contributed by atoms with Crippen LogP contribution in [0.5, 0.6) is 5.75 Å². The lowest BCUT2D eigenvalue weighted by atomic mass is 10.3. The maximum Gasteiger partial charge on any atom is 0.119 e. The van der Waals surface area contributed by atoms with Crippen molar-refractivity contribution in [3.63, 3.8) is 0 Å². The molecule has 33 heavy (non-hydrogen) atoms. The first-order valence-electron chi connectivity index (χ1n) is 11.0. The van der Waals surface area contributed by atoms with E-state index in [-0.39, 0.29) is 0 Å². The molecule has 0 amide bonds. The number of hydrogen-bond acceptors (Lipinski definition) is 7. The van der Waals surface area contributed by atoms with Crippen molar-refractivity contribution in [3.05, 3.63) is 96.3 Å². The Hall–Kier alpha value is -3.62. The van der Waals surface area contributed by atoms with Gasteiger partial charge in [0.15, 0.2) is 0 Å². The van der Waals surface area contributed by atoms with E-state index in [1.807, 2.05) is 67.1 Å². The number of methoxy groups -OCH3 is 1. The molecule has 0 spiro atoms. The number of ether oxygens (including phenoxy) is 1. The zero-order valence-electron chi connectivity index (χ0n) is 19.1. The lowest BCUT2D eigenvalue weighted by Crippen LogP contribution is -2.33. The normalized spacial score (nSPS) is 11.3. The minimum absolute atomic E-state index is 0.685. The quantitative estimate of drug-likeness (QED) is 0.352. The van der Waals surface area contributed by atoms with E-state index in [0.717, 1.165) is 54.7 Å². The summed E-state index contributed by atoms with van der Waals surface area (Å²) in [5, 5.41) is 8.73. The van der Waals surface area contributed by atoms with E-state index in [4.69, 9.17) is 4.74 Å². The standard InChI is InChI=1S/C25H29N7O/c1-30(17-21-7-3-5-13-26-21)15-16-31(18-22-8-4-6-14-27-22)19-23-20-32(29-28-23)24-9-11-25(33-2)12-10-24/h3-14,20H,15-19H2,1-2H3. The van der Waals surface area contributed by atoms with Gasteiger partial charge in [0.25, 0.3) is 0 Å². The van der Waals surface area contributed by atoms with E-state index in [1.165, 1.54) is 0 Å². The molecule has 0 saturated heterocycles. The second kappa shape index (κ2) is 11.3. The Morgan fingerprint density at radius 3 is 2.09 bits per heavy atom. The summed E-state index contributed by atoms with van der Waals surface area (Å²) in [7, 11) is 3.78. The van der Waals surface area contributed by atoms with Gasteiger partial charge in [-0.25, -0.2) is 4.68 Å². The Balaban J connectivity index is 1.41. The highest BCUT2D eigenvalue weighted by atomic mass is 16.5. The number of aromatic nitrogens is 5. The van der Waals surface area contributed by atoms with Gasteiger partial charge in [0.2, 0.25) is 0 Å². The Bertz CT molecular complexity index is 1100. The van der Waals surface area contributed by atoms with Crippen molar-refractivity contribution in [2.45, 2.75) is 19.6 Å². The number of benzene rings is 1. The van der Waals surface area contributed by atoms with Gasteiger partial charge < -0.3 is 4.74 Å². The zero-order valence-corrected chi connectivity index (χ0v) is 19.1. The molecule has 0 aliphatic heterocycles. The fourth-order valence-corrected chi connectivity index (χ4v) is 3.56. The predicted octanol–water partition coefficient (Wildman–Crippen LogP) is 3.20. The van der Waals surface area contributed by atoms with Gasteiger partial charge >= 0.3 is 0 Å². The first-order chi connectivity index (χ1) is 16.2. The summed E-state index contributed by atoms with van der Waals surface area (Å²) < 4.78 is 7.03. The Labute approximate surface area is 194 Å². The fourth-order valence-electron chi connectivity index (χ4n) is 3.56. The maximum atomic E-state index is 5.24. The Morgan fingerprint density at radius 2 is 1.45 bits per heavy atom. The Morgan fingerprint density at radius 1 is 0.788 bits per heavy atom. The van der Waals surface area contributed by atoms with Gasteiger partial charge in [-0.05, 0) is 55.6 Å². The van der Waals surface area contributed by atoms with E-state index < -0.39 is 0 Å². The number of pyridine rings is 2. The molecule has 4 rings (SSSR count). The smallest absolute Gasteiger partial charge is 0.119 e. The van der Waals surface area contributed by atoms with Crippen LogP contribution in [0.3, 0.4) is 0 Å². The molecule has 0 N–H and O–H groups in total. The first kappa shape index (κ1) is 22.6. The summed E-state index contributed by atoms with van der Waals surface area (Å²) in [6.07, 6.45) is 5.65. The molecule has 0 bridgehead atoms. The summed E-state index contributed by atoms with van der Waals surface area (Å²) in [6, 6.07) is 19.8. The van der Waals surface area contributed by atoms with Crippen molar-refractivity contribution in [2.75, 3.05) is 27.2 Å². The molecule has 0 aliphatic rings. The third-order valence-corrected chi connectivity index (χ3v) is 5.33. The third kappa shape index (κ3) is 6.68. The van der Waals surface area contributed by atoms with Crippen molar-refractivity contribution in [1.82, 2.24) is 34.8 Å². The van der Waals surface area contributed by atoms with Crippen LogP contribution in [0, 0.1) is 0 Å². The van der Waals surface area contributed by atoms with E-state index in [0.29, 0.717) is 6.54 Å². The predicted molar refractivity (Wildman–Crippen MR) is 127 cm³/mol. The molecule has 4 aromatic rings. The minimum Gasteiger partial charge on any atom is -0.497 e. The summed E-state index contributed by atoms with van der Waals surface area (Å²) >= 11 is 0. The molecule has 170 valence electrons. The van der Waals surface area contributed by atoms with Gasteiger partial charge in [-0.3, -0.25) is 19.8 Å². The van der Waals surface area contributed by atoms with Crippen LogP contribution in [-0.2, 0) is 19.6 Å². The van der Waals surface area contributed by atoms with E-state index in [9.17, 15) is 0 Å². The zero-order chi connectivity index (χ0) is 22.9. The van der Waals surface area contributed by atoms with Gasteiger partial charge in [-0.1, -0.05) is 17.3 Å². The van der Waals surface area contributed by atoms with Crippen molar-refractivity contribution >= 4 is 0 Å². The number of hydrogen-bond donors (Lipinski definition) is 0. The molecule has 0 unspecified atom stereocenters. The molecule has 0 aliphatic carbocycles. The van der Waals surface area contributed by atoms with Gasteiger partial charge in [-0.15, -0.1) is 5.10 Å². The summed E-state index contributed by atoms with van der Waals surface area (Å²) in [5.74, 6) is 0.815. The molecule has 8 heteroatoms. The average Bonchev–Trinajstić information content (AvgIpc) is 3.32. The molecule has 3 aromatic heterocycles. The number of likely N-dealkylation sites (N-methyl/N-ethyl adjacent to an activating group) is 1. The van der Waals surface area contributed by atoms with Gasteiger partial charge in [0.05, 0.1) is 36.1 Å². The molecular formula is C25H29N7O. The minimum atomic E-state index is 0.685. The third-order valence-electron chi connectivity index (χ3n) is 5.33. The van der Waals surface area contributed by atoms with E-state index in [1.54, 1.807) is 11.8 Å². The highest BCUT2D eigenvalue weighted by Crippen LogP contribution is 2.15. The molecule has 8 nitrogen and oxygen atoms in total. The SMILES string of the molecule is COc1ccc(-n2cc(CN(CCN(C)Cc3ccccn3)Cc3ccccn3)nn2)cc1. The number of rotatable bonds is 11. The molecular weight excluding hydrogens is 414 g/mol. The second-order valence-corrected chi connectivity index (χ2v) is 7.94. The van der Waals surface area contributed by atoms with Crippen LogP contribution in [0.4, 0.5) is 0 Å². The van der Waals surface area contributed by atoms with Crippen LogP contribution in [-0.4, -0.2) is 62.0 Å². The number of nitrogens with zero attached hydrogens (tertiary/aromatic N) is 7. The Kier molecular flexibility index (Phi) is 7.73. The van der Waals surface area contributed by atoms with Crippen LogP contribution in [0.15, 0.2) is 79.3 Å². The van der Waals surface area contributed by atoms with Gasteiger partial charge in [0.1, 0.15) is 5.75 Å². The van der Waals surface area contributed by atoms with Gasteiger partial charge in [0, 0.05) is 45.1 Å². The van der Waals surface area contributed by atoms with Crippen molar-refractivity contribution in [1.29, 1.82) is 0 Å². The van der Waals surface area contributed by atoms with Crippen LogP contribution >= 0.6 is 0 Å². The molecule has 0 radical (unpaired) electrons. The molecule has 0 saturated carbocycles. The van der Waals surface area contributed by atoms with Crippen LogP contribution in [0.2, 0.25) is 0 Å². The lowest BCUT2D eigenvalue weighted by Gasteiger charge is -2.24. The lowest BCUT2D eigenvalue weighted by molar-refractivity contribution is 0.204. The largest absolute Gasteiger partial charge is 0.497 e. The highest BCUT2D eigenvalue weighted by Gasteiger charge is 2.13. The molecule has 1 aromatic carbocycles. The van der Waals surface area contributed by atoms with Crippen LogP contribution in [0.25, 0.3) is 5.69 Å². The van der Waals surface area contributed by atoms with Crippen molar-refractivity contribution < 1.29 is 4.74 Å². The summed E-state index contributed by atoms with van der Waals surface area (Å²) in [6.45, 7) is 4.01. The molecule has 0 atom stereocenters. The highest BCUT2D eigenvalue weighted by molar-refractivity contribution is 5.36. The fraction of sp³-hybridized carbons (Fsp3) is 0.280. The van der Waals surface area contributed by atoms with E-state index >= 15 is 0 Å². The topological polar surface area (TPSA) is 72.2 Å². The molecule has 3 heterocycles. The first-order valence-corrected chi connectivity index (χ1v) is 11.0. The van der Waals surface area contributed by atoms with Gasteiger partial charge in [-0.2, -0.15) is 0 Å². The van der Waals surface area contributed by atoms with Crippen molar-refractivity contribution in [3.8, 4) is 11.4 Å². The summed E-state index contributed by atoms with van der Waals surface area (Å²) in [5.41, 5.74) is 3.96. The average molecular weight is 444 g/mol. The van der Waals surface area contributed by atoms with Crippen LogP contribution in [0.1, 0.15) is 17.1 Å². The van der Waals surface area contributed by atoms with E-state index in [2.05, 4.69) is 49.3 Å². The monoisotopic (exact) mass is 443 g/mol. The van der Waals surface area contributed by atoms with Crippen molar-refractivity contribution in [2.24, 2.45) is 0 Å². The maximum absolute atomic E-state index is 5.24. The van der Waals surface area contributed by atoms with Crippen LogP contribution < -0.4 is 4.74 Å². The molecule has 0 fully saturated rings. The second-order valence-electron chi connectivity index (χ2n) is 7.94. The summed E-state index contributed by atoms with van der Waals surface area (Å²) in [4.78, 5) is 13.6.